The van der Waals surface area contributed by atoms with Crippen molar-refractivity contribution < 1.29 is 18.5 Å². The van der Waals surface area contributed by atoms with Gasteiger partial charge < -0.3 is 9.47 Å². The highest BCUT2D eigenvalue weighted by Gasteiger charge is 2.32. The molecule has 0 radical (unpaired) electrons. The van der Waals surface area contributed by atoms with E-state index in [0.717, 1.165) is 11.3 Å². The Kier molecular flexibility index (Phi) is 4.49. The number of ether oxygens (including phenoxy) is 2. The van der Waals surface area contributed by atoms with Crippen LogP contribution in [0.5, 0.6) is 0 Å². The second kappa shape index (κ2) is 6.11. The number of methoxy groups -OCH3 is 1. The SMILES string of the molecule is COC(=O)C1CCCC(S(=O)c2ccccc2)O1. The first-order valence-corrected chi connectivity index (χ1v) is 7.12. The van der Waals surface area contributed by atoms with Gasteiger partial charge in [-0.3, -0.25) is 4.21 Å². The molecule has 0 saturated carbocycles. The predicted molar refractivity (Wildman–Crippen MR) is 67.4 cm³/mol. The van der Waals surface area contributed by atoms with E-state index in [-0.39, 0.29) is 5.97 Å². The number of rotatable bonds is 3. The van der Waals surface area contributed by atoms with Gasteiger partial charge in [0.25, 0.3) is 0 Å². The van der Waals surface area contributed by atoms with Crippen molar-refractivity contribution in [2.24, 2.45) is 0 Å². The van der Waals surface area contributed by atoms with Crippen molar-refractivity contribution in [1.29, 1.82) is 0 Å². The molecule has 0 bridgehead atoms. The maximum Gasteiger partial charge on any atom is 0.335 e. The van der Waals surface area contributed by atoms with Gasteiger partial charge in [-0.1, -0.05) is 18.2 Å². The van der Waals surface area contributed by atoms with E-state index < -0.39 is 22.3 Å². The molecular formula is C13H16O4S. The standard InChI is InChI=1S/C13H16O4S/c1-16-13(14)11-8-5-9-12(17-11)18(15)10-6-3-2-4-7-10/h2-4,6-7,11-12H,5,8-9H2,1H3. The molecule has 2 rings (SSSR count). The summed E-state index contributed by atoms with van der Waals surface area (Å²) in [5.41, 5.74) is -0.426. The van der Waals surface area contributed by atoms with Crippen LogP contribution >= 0.6 is 0 Å². The summed E-state index contributed by atoms with van der Waals surface area (Å²) in [4.78, 5) is 12.2. The number of carbonyl (C=O) groups excluding carboxylic acids is 1. The van der Waals surface area contributed by atoms with Gasteiger partial charge in [0.1, 0.15) is 5.44 Å². The lowest BCUT2D eigenvalue weighted by Gasteiger charge is -2.27. The lowest BCUT2D eigenvalue weighted by atomic mass is 10.1. The summed E-state index contributed by atoms with van der Waals surface area (Å²) in [5, 5.41) is 0. The van der Waals surface area contributed by atoms with Gasteiger partial charge in [0, 0.05) is 4.90 Å². The molecule has 5 heteroatoms. The van der Waals surface area contributed by atoms with E-state index in [1.165, 1.54) is 7.11 Å². The van der Waals surface area contributed by atoms with Gasteiger partial charge in [-0.05, 0) is 31.4 Å². The maximum atomic E-state index is 12.3. The minimum atomic E-state index is -1.24. The third-order valence-corrected chi connectivity index (χ3v) is 4.46. The number of hydrogen-bond acceptors (Lipinski definition) is 4. The molecule has 0 spiro atoms. The summed E-state index contributed by atoms with van der Waals surface area (Å²) in [6.45, 7) is 0. The van der Waals surface area contributed by atoms with Crippen LogP contribution in [-0.4, -0.2) is 28.8 Å². The first kappa shape index (κ1) is 13.2. The summed E-state index contributed by atoms with van der Waals surface area (Å²) < 4.78 is 22.5. The zero-order valence-corrected chi connectivity index (χ0v) is 11.0. The van der Waals surface area contributed by atoms with E-state index in [4.69, 9.17) is 4.74 Å². The van der Waals surface area contributed by atoms with Crippen LogP contribution in [0.2, 0.25) is 0 Å². The van der Waals surface area contributed by atoms with Crippen molar-refractivity contribution in [2.75, 3.05) is 7.11 Å². The van der Waals surface area contributed by atoms with Gasteiger partial charge in [0.05, 0.1) is 17.9 Å². The molecular weight excluding hydrogens is 252 g/mol. The Balaban J connectivity index is 2.05. The largest absolute Gasteiger partial charge is 0.467 e. The van der Waals surface area contributed by atoms with Crippen LogP contribution in [0.3, 0.4) is 0 Å². The Morgan fingerprint density at radius 2 is 2.06 bits per heavy atom. The van der Waals surface area contributed by atoms with Crippen LogP contribution < -0.4 is 0 Å². The Bertz CT molecular complexity index is 432. The summed E-state index contributed by atoms with van der Waals surface area (Å²) in [5.74, 6) is -0.384. The van der Waals surface area contributed by atoms with Crippen molar-refractivity contribution >= 4 is 16.8 Å². The quantitative estimate of drug-likeness (QED) is 0.785. The maximum absolute atomic E-state index is 12.3. The molecule has 1 aliphatic rings. The van der Waals surface area contributed by atoms with Crippen LogP contribution in [0.1, 0.15) is 19.3 Å². The summed E-state index contributed by atoms with van der Waals surface area (Å²) in [6, 6.07) is 9.17. The van der Waals surface area contributed by atoms with Crippen LogP contribution in [-0.2, 0) is 25.1 Å². The molecule has 0 aromatic heterocycles. The van der Waals surface area contributed by atoms with E-state index in [1.54, 1.807) is 12.1 Å². The summed E-state index contributed by atoms with van der Waals surface area (Å²) in [7, 11) is 0.0977. The van der Waals surface area contributed by atoms with Gasteiger partial charge in [0.2, 0.25) is 0 Å². The lowest BCUT2D eigenvalue weighted by Crippen LogP contribution is -2.36. The third-order valence-electron chi connectivity index (χ3n) is 2.90. The summed E-state index contributed by atoms with van der Waals surface area (Å²) in [6.07, 6.45) is 1.58. The zero-order chi connectivity index (χ0) is 13.0. The number of carbonyl (C=O) groups is 1. The predicted octanol–water partition coefficient (Wildman–Crippen LogP) is 1.86. The fraction of sp³-hybridized carbons (Fsp3) is 0.462. The van der Waals surface area contributed by atoms with Crippen molar-refractivity contribution in [3.8, 4) is 0 Å². The van der Waals surface area contributed by atoms with Crippen molar-refractivity contribution in [3.63, 3.8) is 0 Å². The smallest absolute Gasteiger partial charge is 0.335 e. The number of esters is 1. The van der Waals surface area contributed by atoms with Crippen molar-refractivity contribution in [3.05, 3.63) is 30.3 Å². The molecule has 1 heterocycles. The van der Waals surface area contributed by atoms with Crippen LogP contribution in [0.15, 0.2) is 35.2 Å². The highest BCUT2D eigenvalue weighted by atomic mass is 32.2. The van der Waals surface area contributed by atoms with Gasteiger partial charge in [-0.15, -0.1) is 0 Å². The van der Waals surface area contributed by atoms with E-state index in [9.17, 15) is 9.00 Å². The molecule has 3 atom stereocenters. The third kappa shape index (κ3) is 2.97. The highest BCUT2D eigenvalue weighted by molar-refractivity contribution is 7.85. The topological polar surface area (TPSA) is 52.6 Å². The minimum absolute atomic E-state index is 0.384. The average molecular weight is 268 g/mol. The first-order chi connectivity index (χ1) is 8.72. The average Bonchev–Trinajstić information content (AvgIpc) is 2.46. The normalized spacial score (nSPS) is 25.4. The van der Waals surface area contributed by atoms with Gasteiger partial charge >= 0.3 is 5.97 Å². The Labute approximate surface area is 109 Å². The van der Waals surface area contributed by atoms with Gasteiger partial charge in [0.15, 0.2) is 6.10 Å². The molecule has 1 aliphatic heterocycles. The van der Waals surface area contributed by atoms with Crippen LogP contribution in [0.4, 0.5) is 0 Å². The summed E-state index contributed by atoms with van der Waals surface area (Å²) >= 11 is 0. The van der Waals surface area contributed by atoms with E-state index in [2.05, 4.69) is 4.74 Å². The Morgan fingerprint density at radius 1 is 1.33 bits per heavy atom. The number of benzene rings is 1. The fourth-order valence-electron chi connectivity index (χ4n) is 1.96. The molecule has 3 unspecified atom stereocenters. The van der Waals surface area contributed by atoms with Gasteiger partial charge in [-0.2, -0.15) is 0 Å². The fourth-order valence-corrected chi connectivity index (χ4v) is 3.30. The number of hydrogen-bond donors (Lipinski definition) is 0. The van der Waals surface area contributed by atoms with Gasteiger partial charge in [-0.25, -0.2) is 4.79 Å². The molecule has 1 aromatic carbocycles. The first-order valence-electron chi connectivity index (χ1n) is 5.91. The Hall–Kier alpha value is -1.20. The molecule has 18 heavy (non-hydrogen) atoms. The molecule has 0 amide bonds. The molecule has 1 aromatic rings. The highest BCUT2D eigenvalue weighted by Crippen LogP contribution is 2.25. The monoisotopic (exact) mass is 268 g/mol. The van der Waals surface area contributed by atoms with E-state index >= 15 is 0 Å². The van der Waals surface area contributed by atoms with Crippen LogP contribution in [0.25, 0.3) is 0 Å². The lowest BCUT2D eigenvalue weighted by molar-refractivity contribution is -0.158. The molecule has 4 nitrogen and oxygen atoms in total. The molecule has 0 N–H and O–H groups in total. The minimum Gasteiger partial charge on any atom is -0.467 e. The van der Waals surface area contributed by atoms with E-state index in [1.807, 2.05) is 18.2 Å². The zero-order valence-electron chi connectivity index (χ0n) is 10.2. The molecule has 1 fully saturated rings. The molecule has 0 aliphatic carbocycles. The molecule has 98 valence electrons. The van der Waals surface area contributed by atoms with Crippen LogP contribution in [0, 0.1) is 0 Å². The van der Waals surface area contributed by atoms with Crippen molar-refractivity contribution in [2.45, 2.75) is 35.7 Å². The van der Waals surface area contributed by atoms with E-state index in [0.29, 0.717) is 12.8 Å². The Morgan fingerprint density at radius 3 is 2.72 bits per heavy atom. The molecule has 1 saturated heterocycles. The second-order valence-corrected chi connectivity index (χ2v) is 5.71. The second-order valence-electron chi connectivity index (χ2n) is 4.12. The van der Waals surface area contributed by atoms with Crippen molar-refractivity contribution in [1.82, 2.24) is 0 Å².